The number of ketones is 2. The molecule has 1 aliphatic carbocycles. The van der Waals surface area contributed by atoms with Crippen molar-refractivity contribution in [1.82, 2.24) is 9.97 Å². The van der Waals surface area contributed by atoms with E-state index < -0.39 is 23.5 Å². The lowest BCUT2D eigenvalue weighted by molar-refractivity contribution is 0.0510. The van der Waals surface area contributed by atoms with Crippen LogP contribution in [0.15, 0.2) is 18.2 Å². The number of nitrogens with zero attached hydrogens (tertiary/aromatic N) is 1. The largest absolute Gasteiger partial charge is 0.461 e. The van der Waals surface area contributed by atoms with Crippen LogP contribution in [0.5, 0.6) is 0 Å². The molecule has 0 aliphatic heterocycles. The number of aromatic amines is 1. The normalized spacial score (nSPS) is 12.4. The molecule has 0 radical (unpaired) electrons. The lowest BCUT2D eigenvalue weighted by Gasteiger charge is -2.14. The number of hydrogen-bond acceptors (Lipinski definition) is 7. The zero-order chi connectivity index (χ0) is 18.1. The summed E-state index contributed by atoms with van der Waals surface area (Å²) in [6.07, 6.45) is 0. The van der Waals surface area contributed by atoms with Crippen LogP contribution in [-0.2, 0) is 9.47 Å². The Morgan fingerprint density at radius 2 is 1.68 bits per heavy atom. The third kappa shape index (κ3) is 2.71. The highest BCUT2D eigenvalue weighted by Gasteiger charge is 2.35. The molecule has 2 heterocycles. The Hall–Kier alpha value is -3.29. The maximum Gasteiger partial charge on any atom is 0.356 e. The molecule has 0 bridgehead atoms. The summed E-state index contributed by atoms with van der Waals surface area (Å²) in [5.74, 6) is -2.96. The predicted octanol–water partition coefficient (Wildman–Crippen LogP) is 1.81. The molecule has 0 saturated heterocycles. The number of pyridine rings is 1. The van der Waals surface area contributed by atoms with Crippen LogP contribution in [0, 0.1) is 0 Å². The number of aromatic nitrogens is 2. The van der Waals surface area contributed by atoms with Gasteiger partial charge in [0.05, 0.1) is 24.5 Å². The third-order valence-electron chi connectivity index (χ3n) is 3.63. The van der Waals surface area contributed by atoms with E-state index in [4.69, 9.17) is 9.47 Å². The highest BCUT2D eigenvalue weighted by Crippen LogP contribution is 2.33. The Morgan fingerprint density at radius 1 is 1.00 bits per heavy atom. The second-order valence-electron chi connectivity index (χ2n) is 5.16. The monoisotopic (exact) mass is 342 g/mol. The molecule has 8 nitrogen and oxygen atoms in total. The van der Waals surface area contributed by atoms with Gasteiger partial charge in [0, 0.05) is 5.56 Å². The molecule has 0 spiro atoms. The minimum Gasteiger partial charge on any atom is -0.461 e. The zero-order valence-electron chi connectivity index (χ0n) is 13.5. The van der Waals surface area contributed by atoms with Gasteiger partial charge in [-0.25, -0.2) is 14.6 Å². The van der Waals surface area contributed by atoms with E-state index >= 15 is 0 Å². The Labute approximate surface area is 142 Å². The van der Waals surface area contributed by atoms with Gasteiger partial charge in [0.25, 0.3) is 5.78 Å². The molecule has 25 heavy (non-hydrogen) atoms. The first kappa shape index (κ1) is 16.6. The molecule has 0 fully saturated rings. The van der Waals surface area contributed by atoms with Gasteiger partial charge in [-0.05, 0) is 32.0 Å². The molecule has 0 aromatic carbocycles. The van der Waals surface area contributed by atoms with Gasteiger partial charge in [-0.15, -0.1) is 0 Å². The minimum atomic E-state index is -0.844. The van der Waals surface area contributed by atoms with E-state index in [0.717, 1.165) is 0 Å². The Balaban J connectivity index is 2.10. The van der Waals surface area contributed by atoms with Gasteiger partial charge in [0.15, 0.2) is 0 Å². The number of rotatable bonds is 4. The van der Waals surface area contributed by atoms with Crippen LogP contribution in [0.25, 0.3) is 11.3 Å². The second kappa shape index (κ2) is 6.31. The van der Waals surface area contributed by atoms with E-state index in [1.807, 2.05) is 0 Å². The van der Waals surface area contributed by atoms with Gasteiger partial charge in [0.2, 0.25) is 5.78 Å². The van der Waals surface area contributed by atoms with E-state index in [9.17, 15) is 19.2 Å². The Kier molecular flexibility index (Phi) is 4.18. The molecule has 2 aromatic heterocycles. The van der Waals surface area contributed by atoms with Crippen molar-refractivity contribution in [3.63, 3.8) is 0 Å². The number of H-pyrrole nitrogens is 1. The summed E-state index contributed by atoms with van der Waals surface area (Å²) >= 11 is 0. The quantitative estimate of drug-likeness (QED) is 0.665. The Morgan fingerprint density at radius 3 is 2.36 bits per heavy atom. The molecule has 0 amide bonds. The number of carbonyl (C=O) groups excluding carboxylic acids is 4. The van der Waals surface area contributed by atoms with Crippen molar-refractivity contribution in [3.8, 4) is 11.3 Å². The SMILES string of the molecule is CCOC(=O)c1ccc2c(n1)C(=O)C(=O)c1cc(C(=O)OCC)[nH]c1-2. The van der Waals surface area contributed by atoms with Gasteiger partial charge in [-0.3, -0.25) is 9.59 Å². The molecule has 0 saturated carbocycles. The van der Waals surface area contributed by atoms with Gasteiger partial charge in [-0.1, -0.05) is 0 Å². The fraction of sp³-hybridized carbons (Fsp3) is 0.235. The van der Waals surface area contributed by atoms with Crippen LogP contribution < -0.4 is 0 Å². The number of carbonyl (C=O) groups is 4. The molecule has 0 unspecified atom stereocenters. The lowest BCUT2D eigenvalue weighted by atomic mass is 9.92. The molecule has 2 aromatic rings. The number of esters is 2. The maximum atomic E-state index is 12.3. The molecule has 3 rings (SSSR count). The smallest absolute Gasteiger partial charge is 0.356 e. The summed E-state index contributed by atoms with van der Waals surface area (Å²) in [6.45, 7) is 3.64. The molecule has 128 valence electrons. The molecular weight excluding hydrogens is 328 g/mol. The average molecular weight is 342 g/mol. The van der Waals surface area contributed by atoms with Crippen LogP contribution in [0.4, 0.5) is 0 Å². The van der Waals surface area contributed by atoms with Crippen molar-refractivity contribution in [2.45, 2.75) is 13.8 Å². The standard InChI is InChI=1S/C17H14N2O6/c1-3-24-16(22)10-6-5-8-12-9(14(20)15(21)13(8)18-10)7-11(19-12)17(23)25-4-2/h5-7,19H,3-4H2,1-2H3. The number of ether oxygens (including phenoxy) is 2. The summed E-state index contributed by atoms with van der Waals surface area (Å²) in [4.78, 5) is 55.0. The Bertz CT molecular complexity index is 912. The zero-order valence-corrected chi connectivity index (χ0v) is 13.5. The van der Waals surface area contributed by atoms with Crippen molar-refractivity contribution in [2.24, 2.45) is 0 Å². The van der Waals surface area contributed by atoms with E-state index in [1.165, 1.54) is 18.2 Å². The van der Waals surface area contributed by atoms with E-state index in [0.29, 0.717) is 11.3 Å². The minimum absolute atomic E-state index is 0.0651. The average Bonchev–Trinajstić information content (AvgIpc) is 3.05. The summed E-state index contributed by atoms with van der Waals surface area (Å²) in [7, 11) is 0. The summed E-state index contributed by atoms with van der Waals surface area (Å²) in [6, 6.07) is 4.17. The molecule has 8 heteroatoms. The van der Waals surface area contributed by atoms with Gasteiger partial charge >= 0.3 is 11.9 Å². The van der Waals surface area contributed by atoms with Gasteiger partial charge in [-0.2, -0.15) is 0 Å². The fourth-order valence-electron chi connectivity index (χ4n) is 2.55. The number of fused-ring (bicyclic) bond motifs is 3. The van der Waals surface area contributed by atoms with Crippen molar-refractivity contribution in [2.75, 3.05) is 13.2 Å². The van der Waals surface area contributed by atoms with Crippen molar-refractivity contribution in [3.05, 3.63) is 40.8 Å². The van der Waals surface area contributed by atoms with Crippen molar-refractivity contribution >= 4 is 23.5 Å². The molecule has 1 N–H and O–H groups in total. The second-order valence-corrected chi connectivity index (χ2v) is 5.16. The number of Topliss-reactive ketones (excluding diaryl/α,β-unsaturated/α-hetero) is 2. The fourth-order valence-corrected chi connectivity index (χ4v) is 2.55. The van der Waals surface area contributed by atoms with Crippen LogP contribution in [0.2, 0.25) is 0 Å². The summed E-state index contributed by atoms with van der Waals surface area (Å²) < 4.78 is 9.74. The molecular formula is C17H14N2O6. The molecule has 0 atom stereocenters. The number of nitrogens with one attached hydrogen (secondary N) is 1. The van der Waals surface area contributed by atoms with E-state index in [1.54, 1.807) is 13.8 Å². The number of hydrogen-bond donors (Lipinski definition) is 1. The first-order chi connectivity index (χ1) is 12.0. The van der Waals surface area contributed by atoms with Crippen molar-refractivity contribution in [1.29, 1.82) is 0 Å². The van der Waals surface area contributed by atoms with Crippen LogP contribution in [-0.4, -0.2) is 46.7 Å². The van der Waals surface area contributed by atoms with Crippen molar-refractivity contribution < 1.29 is 28.7 Å². The highest BCUT2D eigenvalue weighted by molar-refractivity contribution is 6.52. The predicted molar refractivity (Wildman–Crippen MR) is 84.6 cm³/mol. The first-order valence-corrected chi connectivity index (χ1v) is 7.65. The molecule has 1 aliphatic rings. The third-order valence-corrected chi connectivity index (χ3v) is 3.63. The van der Waals surface area contributed by atoms with E-state index in [-0.39, 0.29) is 35.9 Å². The van der Waals surface area contributed by atoms with E-state index in [2.05, 4.69) is 9.97 Å². The highest BCUT2D eigenvalue weighted by atomic mass is 16.5. The lowest BCUT2D eigenvalue weighted by Crippen LogP contribution is -2.23. The summed E-state index contributed by atoms with van der Waals surface area (Å²) in [5.41, 5.74) is 0.554. The van der Waals surface area contributed by atoms with Crippen LogP contribution in [0.3, 0.4) is 0 Å². The topological polar surface area (TPSA) is 115 Å². The van der Waals surface area contributed by atoms with Crippen LogP contribution >= 0.6 is 0 Å². The first-order valence-electron chi connectivity index (χ1n) is 7.65. The van der Waals surface area contributed by atoms with Gasteiger partial charge < -0.3 is 14.5 Å². The maximum absolute atomic E-state index is 12.3. The van der Waals surface area contributed by atoms with Gasteiger partial charge in [0.1, 0.15) is 17.1 Å². The summed E-state index contributed by atoms with van der Waals surface area (Å²) in [5, 5.41) is 0. The van der Waals surface area contributed by atoms with Crippen LogP contribution in [0.1, 0.15) is 55.7 Å².